The van der Waals surface area contributed by atoms with Crippen LogP contribution in [0.3, 0.4) is 0 Å². The van der Waals surface area contributed by atoms with Gasteiger partial charge in [-0.15, -0.1) is 0 Å². The van der Waals surface area contributed by atoms with Gasteiger partial charge in [-0.05, 0) is 30.8 Å². The number of piperidine rings is 1. The molecule has 54 valence electrons. The smallest absolute Gasteiger partial charge is 0.0296 e. The van der Waals surface area contributed by atoms with Crippen molar-refractivity contribution in [2.45, 2.75) is 6.42 Å². The molecule has 1 aliphatic rings. The first-order chi connectivity index (χ1) is 4.84. The second-order valence-electron chi connectivity index (χ2n) is 2.37. The van der Waals surface area contributed by atoms with Crippen LogP contribution in [0.4, 0.5) is 0 Å². The van der Waals surface area contributed by atoms with Crippen molar-refractivity contribution < 1.29 is 0 Å². The van der Waals surface area contributed by atoms with Crippen LogP contribution in [0.15, 0.2) is 28.9 Å². The minimum Gasteiger partial charge on any atom is -0.312 e. The molecule has 1 saturated heterocycles. The monoisotopic (exact) mass is 136 g/mol. The van der Waals surface area contributed by atoms with E-state index in [1.54, 1.807) is 6.20 Å². The SMILES string of the molecule is C=N/C=C1/CCNCC1=C. The summed E-state index contributed by atoms with van der Waals surface area (Å²) in [5.41, 5.74) is 2.37. The van der Waals surface area contributed by atoms with E-state index in [0.29, 0.717) is 0 Å². The van der Waals surface area contributed by atoms with Crippen molar-refractivity contribution >= 4 is 6.72 Å². The summed E-state index contributed by atoms with van der Waals surface area (Å²) < 4.78 is 0. The first kappa shape index (κ1) is 7.22. The molecule has 2 heteroatoms. The van der Waals surface area contributed by atoms with Gasteiger partial charge in [-0.1, -0.05) is 6.58 Å². The van der Waals surface area contributed by atoms with E-state index in [-0.39, 0.29) is 0 Å². The van der Waals surface area contributed by atoms with Crippen LogP contribution in [0.5, 0.6) is 0 Å². The maximum atomic E-state index is 3.90. The third kappa shape index (κ3) is 1.54. The predicted molar refractivity (Wildman–Crippen MR) is 44.3 cm³/mol. The van der Waals surface area contributed by atoms with Crippen molar-refractivity contribution in [3.63, 3.8) is 0 Å². The Morgan fingerprint density at radius 3 is 3.00 bits per heavy atom. The molecule has 0 aromatic heterocycles. The highest BCUT2D eigenvalue weighted by molar-refractivity contribution is 5.34. The van der Waals surface area contributed by atoms with Gasteiger partial charge >= 0.3 is 0 Å². The van der Waals surface area contributed by atoms with Crippen molar-refractivity contribution in [3.05, 3.63) is 23.9 Å². The summed E-state index contributed by atoms with van der Waals surface area (Å²) in [5.74, 6) is 0. The maximum absolute atomic E-state index is 3.90. The molecule has 0 amide bonds. The van der Waals surface area contributed by atoms with Crippen molar-refractivity contribution in [1.29, 1.82) is 0 Å². The van der Waals surface area contributed by atoms with Gasteiger partial charge in [0.15, 0.2) is 0 Å². The van der Waals surface area contributed by atoms with Gasteiger partial charge in [0, 0.05) is 12.7 Å². The van der Waals surface area contributed by atoms with E-state index in [1.807, 2.05) is 0 Å². The molecule has 0 aromatic rings. The second-order valence-corrected chi connectivity index (χ2v) is 2.37. The van der Waals surface area contributed by atoms with E-state index >= 15 is 0 Å². The molecule has 1 aliphatic heterocycles. The lowest BCUT2D eigenvalue weighted by molar-refractivity contribution is 0.683. The molecule has 0 aromatic carbocycles. The molecule has 0 unspecified atom stereocenters. The zero-order valence-corrected chi connectivity index (χ0v) is 6.06. The van der Waals surface area contributed by atoms with Crippen LogP contribution in [-0.2, 0) is 0 Å². The van der Waals surface area contributed by atoms with Crippen LogP contribution < -0.4 is 5.32 Å². The molecule has 0 bridgehead atoms. The molecule has 10 heavy (non-hydrogen) atoms. The zero-order valence-electron chi connectivity index (χ0n) is 6.06. The zero-order chi connectivity index (χ0) is 7.40. The maximum Gasteiger partial charge on any atom is 0.0296 e. The van der Waals surface area contributed by atoms with Crippen LogP contribution in [0.2, 0.25) is 0 Å². The summed E-state index contributed by atoms with van der Waals surface area (Å²) in [6, 6.07) is 0. The molecule has 1 fully saturated rings. The van der Waals surface area contributed by atoms with E-state index < -0.39 is 0 Å². The van der Waals surface area contributed by atoms with Crippen molar-refractivity contribution in [1.82, 2.24) is 5.32 Å². The minimum atomic E-state index is 0.890. The summed E-state index contributed by atoms with van der Waals surface area (Å²) in [6.45, 7) is 9.22. The molecule has 0 aliphatic carbocycles. The van der Waals surface area contributed by atoms with Gasteiger partial charge in [0.05, 0.1) is 0 Å². The van der Waals surface area contributed by atoms with E-state index in [1.165, 1.54) is 5.57 Å². The lowest BCUT2D eigenvalue weighted by Crippen LogP contribution is -2.24. The molecule has 1 N–H and O–H groups in total. The fourth-order valence-electron chi connectivity index (χ4n) is 1.02. The number of aliphatic imine (C=N–C) groups is 1. The van der Waals surface area contributed by atoms with Crippen LogP contribution in [0, 0.1) is 0 Å². The molecule has 1 rings (SSSR count). The van der Waals surface area contributed by atoms with Crippen LogP contribution in [-0.4, -0.2) is 19.8 Å². The first-order valence-corrected chi connectivity index (χ1v) is 3.38. The summed E-state index contributed by atoms with van der Waals surface area (Å²) in [7, 11) is 0. The highest BCUT2D eigenvalue weighted by Crippen LogP contribution is 2.14. The predicted octanol–water partition coefficient (Wildman–Crippen LogP) is 1.12. The number of nitrogens with one attached hydrogen (secondary N) is 1. The van der Waals surface area contributed by atoms with Gasteiger partial charge in [-0.3, -0.25) is 4.99 Å². The Balaban J connectivity index is 2.64. The molecule has 0 atom stereocenters. The molecule has 0 saturated carbocycles. The average molecular weight is 136 g/mol. The Bertz CT molecular complexity index is 180. The highest BCUT2D eigenvalue weighted by Gasteiger charge is 2.07. The summed E-state index contributed by atoms with van der Waals surface area (Å²) in [5, 5.41) is 3.22. The third-order valence-electron chi connectivity index (χ3n) is 1.61. The third-order valence-corrected chi connectivity index (χ3v) is 1.61. The summed E-state index contributed by atoms with van der Waals surface area (Å²) in [6.07, 6.45) is 2.82. The van der Waals surface area contributed by atoms with Gasteiger partial charge in [0.2, 0.25) is 0 Å². The van der Waals surface area contributed by atoms with Crippen LogP contribution >= 0.6 is 0 Å². The van der Waals surface area contributed by atoms with E-state index in [9.17, 15) is 0 Å². The number of hydrogen-bond donors (Lipinski definition) is 1. The second kappa shape index (κ2) is 3.32. The van der Waals surface area contributed by atoms with Gasteiger partial charge < -0.3 is 5.32 Å². The quantitative estimate of drug-likeness (QED) is 0.537. The van der Waals surface area contributed by atoms with E-state index in [0.717, 1.165) is 25.1 Å². The molecule has 0 radical (unpaired) electrons. The Morgan fingerprint density at radius 2 is 2.40 bits per heavy atom. The van der Waals surface area contributed by atoms with E-state index in [2.05, 4.69) is 23.6 Å². The fraction of sp³-hybridized carbons (Fsp3) is 0.375. The summed E-state index contributed by atoms with van der Waals surface area (Å²) in [4.78, 5) is 3.71. The minimum absolute atomic E-state index is 0.890. The van der Waals surface area contributed by atoms with Gasteiger partial charge in [-0.25, -0.2) is 0 Å². The first-order valence-electron chi connectivity index (χ1n) is 3.38. The van der Waals surface area contributed by atoms with Crippen molar-refractivity contribution in [3.8, 4) is 0 Å². The Hall–Kier alpha value is -0.890. The number of nitrogens with zero attached hydrogens (tertiary/aromatic N) is 1. The standard InChI is InChI=1S/C8H12N2/c1-7-5-10-4-3-8(7)6-9-2/h6,10H,1-5H2/b8-6-. The van der Waals surface area contributed by atoms with E-state index in [4.69, 9.17) is 0 Å². The fourth-order valence-corrected chi connectivity index (χ4v) is 1.02. The Morgan fingerprint density at radius 1 is 1.60 bits per heavy atom. The summed E-state index contributed by atoms with van der Waals surface area (Å²) >= 11 is 0. The van der Waals surface area contributed by atoms with Crippen LogP contribution in [0.25, 0.3) is 0 Å². The van der Waals surface area contributed by atoms with Crippen LogP contribution in [0.1, 0.15) is 6.42 Å². The van der Waals surface area contributed by atoms with Crippen molar-refractivity contribution in [2.24, 2.45) is 4.99 Å². The lowest BCUT2D eigenvalue weighted by atomic mass is 10.0. The number of rotatable bonds is 1. The number of hydrogen-bond acceptors (Lipinski definition) is 2. The van der Waals surface area contributed by atoms with Crippen molar-refractivity contribution in [2.75, 3.05) is 13.1 Å². The molecule has 0 spiro atoms. The molecular formula is C8H12N2. The molecule has 2 nitrogen and oxygen atoms in total. The normalized spacial score (nSPS) is 23.2. The van der Waals surface area contributed by atoms with Gasteiger partial charge in [0.25, 0.3) is 0 Å². The Kier molecular flexibility index (Phi) is 2.40. The lowest BCUT2D eigenvalue weighted by Gasteiger charge is -2.16. The highest BCUT2D eigenvalue weighted by atomic mass is 14.9. The largest absolute Gasteiger partial charge is 0.312 e. The Labute approximate surface area is 61.4 Å². The van der Waals surface area contributed by atoms with Gasteiger partial charge in [-0.2, -0.15) is 0 Å². The molecular weight excluding hydrogens is 124 g/mol. The average Bonchev–Trinajstić information content (AvgIpc) is 1.94. The van der Waals surface area contributed by atoms with Gasteiger partial charge in [0.1, 0.15) is 0 Å². The topological polar surface area (TPSA) is 24.4 Å². The molecule has 1 heterocycles.